The van der Waals surface area contributed by atoms with Gasteiger partial charge in [0, 0.05) is 6.54 Å². The molecule has 28 heavy (non-hydrogen) atoms. The van der Waals surface area contributed by atoms with Crippen LogP contribution in [0.15, 0.2) is 12.1 Å². The van der Waals surface area contributed by atoms with Crippen molar-refractivity contribution in [2.75, 3.05) is 41.4 Å². The van der Waals surface area contributed by atoms with Gasteiger partial charge in [-0.1, -0.05) is 0 Å². The number of likely N-dealkylation sites (N-methyl/N-ethyl adjacent to an activating group) is 1. The standard InChI is InChI=1S/C21H30N2O5/c1-22(2)13-19(24)23-10-7-15-11-17(27-3)18(28-4)12-16(15)21(23)8-5-14(6-9-21)20(25)26/h11-12,14H,5-10,13H2,1-4H3,(H,25,26)/t14-,21+. The molecule has 154 valence electrons. The van der Waals surface area contributed by atoms with Crippen LogP contribution in [0.2, 0.25) is 0 Å². The molecular formula is C21H30N2O5. The van der Waals surface area contributed by atoms with Gasteiger partial charge in [-0.15, -0.1) is 0 Å². The average Bonchev–Trinajstić information content (AvgIpc) is 2.67. The fourth-order valence-electron chi connectivity index (χ4n) is 4.75. The molecule has 7 nitrogen and oxygen atoms in total. The van der Waals surface area contributed by atoms with Gasteiger partial charge in [-0.2, -0.15) is 0 Å². The molecule has 1 N–H and O–H groups in total. The molecule has 1 saturated carbocycles. The van der Waals surface area contributed by atoms with Crippen LogP contribution >= 0.6 is 0 Å². The molecule has 1 aliphatic heterocycles. The van der Waals surface area contributed by atoms with E-state index in [1.807, 2.05) is 36.0 Å². The van der Waals surface area contributed by atoms with Crippen LogP contribution in [0.5, 0.6) is 11.5 Å². The highest BCUT2D eigenvalue weighted by Gasteiger charge is 2.48. The van der Waals surface area contributed by atoms with Gasteiger partial charge in [-0.25, -0.2) is 0 Å². The van der Waals surface area contributed by atoms with E-state index in [9.17, 15) is 14.7 Å². The largest absolute Gasteiger partial charge is 0.493 e. The normalized spacial score (nSPS) is 24.2. The molecule has 7 heteroatoms. The molecule has 1 aromatic carbocycles. The number of amides is 1. The van der Waals surface area contributed by atoms with Gasteiger partial charge in [0.2, 0.25) is 5.91 Å². The van der Waals surface area contributed by atoms with E-state index >= 15 is 0 Å². The summed E-state index contributed by atoms with van der Waals surface area (Å²) in [4.78, 5) is 28.5. The third-order valence-corrected chi connectivity index (χ3v) is 6.15. The molecule has 0 aromatic heterocycles. The zero-order valence-electron chi connectivity index (χ0n) is 17.2. The van der Waals surface area contributed by atoms with Gasteiger partial charge in [0.05, 0.1) is 32.2 Å². The molecule has 1 heterocycles. The molecule has 1 aliphatic carbocycles. The van der Waals surface area contributed by atoms with Gasteiger partial charge < -0.3 is 24.4 Å². The van der Waals surface area contributed by atoms with Crippen LogP contribution in [0.4, 0.5) is 0 Å². The first-order valence-corrected chi connectivity index (χ1v) is 9.75. The molecule has 0 radical (unpaired) electrons. The minimum absolute atomic E-state index is 0.0826. The highest BCUT2D eigenvalue weighted by molar-refractivity contribution is 5.80. The van der Waals surface area contributed by atoms with E-state index < -0.39 is 11.5 Å². The van der Waals surface area contributed by atoms with Crippen molar-refractivity contribution < 1.29 is 24.2 Å². The minimum atomic E-state index is -0.746. The monoisotopic (exact) mass is 390 g/mol. The summed E-state index contributed by atoms with van der Waals surface area (Å²) in [5, 5.41) is 9.44. The molecule has 0 bridgehead atoms. The number of carbonyl (C=O) groups excluding carboxylic acids is 1. The van der Waals surface area contributed by atoms with Crippen molar-refractivity contribution in [3.05, 3.63) is 23.3 Å². The Bertz CT molecular complexity index is 753. The van der Waals surface area contributed by atoms with Crippen molar-refractivity contribution in [2.45, 2.75) is 37.6 Å². The SMILES string of the molecule is COc1cc2c(cc1OC)[C@]1(CC[C@H](C(=O)O)CC1)N(C(=O)CN(C)C)CC2. The van der Waals surface area contributed by atoms with E-state index in [1.165, 1.54) is 0 Å². The van der Waals surface area contributed by atoms with Crippen LogP contribution in [0.25, 0.3) is 0 Å². The average molecular weight is 390 g/mol. The molecule has 2 aliphatic rings. The summed E-state index contributed by atoms with van der Waals surface area (Å²) in [5.74, 6) is 0.317. The maximum atomic E-state index is 13.1. The highest BCUT2D eigenvalue weighted by Crippen LogP contribution is 2.50. The second-order valence-electron chi connectivity index (χ2n) is 8.04. The molecule has 1 fully saturated rings. The number of aliphatic carboxylic acids is 1. The number of carboxylic acid groups (broad SMARTS) is 1. The molecule has 0 atom stereocenters. The van der Waals surface area contributed by atoms with Gasteiger partial charge in [-0.3, -0.25) is 9.59 Å². The van der Waals surface area contributed by atoms with Crippen molar-refractivity contribution in [1.29, 1.82) is 0 Å². The molecule has 0 saturated heterocycles. The summed E-state index contributed by atoms with van der Waals surface area (Å²) in [6.45, 7) is 0.972. The first kappa shape index (κ1) is 20.5. The number of methoxy groups -OCH3 is 2. The van der Waals surface area contributed by atoms with Crippen molar-refractivity contribution in [1.82, 2.24) is 9.80 Å². The van der Waals surface area contributed by atoms with Crippen molar-refractivity contribution in [3.8, 4) is 11.5 Å². The number of ether oxygens (including phenoxy) is 2. The molecule has 3 rings (SSSR count). The highest BCUT2D eigenvalue weighted by atomic mass is 16.5. The Balaban J connectivity index is 2.06. The number of benzene rings is 1. The number of rotatable bonds is 5. The summed E-state index contributed by atoms with van der Waals surface area (Å²) in [5.41, 5.74) is 1.75. The lowest BCUT2D eigenvalue weighted by Crippen LogP contribution is -2.57. The first-order valence-electron chi connectivity index (χ1n) is 9.75. The van der Waals surface area contributed by atoms with Gasteiger partial charge in [0.25, 0.3) is 0 Å². The van der Waals surface area contributed by atoms with Gasteiger partial charge >= 0.3 is 5.97 Å². The van der Waals surface area contributed by atoms with Crippen LogP contribution in [-0.4, -0.2) is 68.2 Å². The van der Waals surface area contributed by atoms with E-state index in [2.05, 4.69) is 0 Å². The summed E-state index contributed by atoms with van der Waals surface area (Å²) < 4.78 is 11.0. The van der Waals surface area contributed by atoms with E-state index in [4.69, 9.17) is 9.47 Å². The number of nitrogens with zero attached hydrogens (tertiary/aromatic N) is 2. The van der Waals surface area contributed by atoms with Gasteiger partial charge in [0.1, 0.15) is 0 Å². The molecular weight excluding hydrogens is 360 g/mol. The Hall–Kier alpha value is -2.28. The lowest BCUT2D eigenvalue weighted by Gasteiger charge is -2.51. The summed E-state index contributed by atoms with van der Waals surface area (Å²) in [6, 6.07) is 4.00. The fraction of sp³-hybridized carbons (Fsp3) is 0.619. The third-order valence-electron chi connectivity index (χ3n) is 6.15. The predicted octanol–water partition coefficient (Wildman–Crippen LogP) is 2.12. The number of fused-ring (bicyclic) bond motifs is 2. The summed E-state index contributed by atoms with van der Waals surface area (Å²) in [6.07, 6.45) is 3.17. The number of carbonyl (C=O) groups is 2. The van der Waals surface area contributed by atoms with Crippen LogP contribution in [0.3, 0.4) is 0 Å². The zero-order chi connectivity index (χ0) is 20.5. The Morgan fingerprint density at radius 2 is 1.79 bits per heavy atom. The van der Waals surface area contributed by atoms with Crippen LogP contribution < -0.4 is 9.47 Å². The zero-order valence-corrected chi connectivity index (χ0v) is 17.2. The van der Waals surface area contributed by atoms with Crippen LogP contribution in [0, 0.1) is 5.92 Å². The van der Waals surface area contributed by atoms with Crippen LogP contribution in [0.1, 0.15) is 36.8 Å². The predicted molar refractivity (Wildman–Crippen MR) is 105 cm³/mol. The quantitative estimate of drug-likeness (QED) is 0.830. The van der Waals surface area contributed by atoms with Crippen molar-refractivity contribution in [2.24, 2.45) is 5.92 Å². The molecule has 1 amide bonds. The molecule has 0 unspecified atom stereocenters. The van der Waals surface area contributed by atoms with E-state index in [1.54, 1.807) is 14.2 Å². The second-order valence-corrected chi connectivity index (χ2v) is 8.04. The molecule has 1 aromatic rings. The third kappa shape index (κ3) is 3.55. The second kappa shape index (κ2) is 7.99. The Kier molecular flexibility index (Phi) is 5.84. The van der Waals surface area contributed by atoms with E-state index in [-0.39, 0.29) is 11.8 Å². The lowest BCUT2D eigenvalue weighted by molar-refractivity contribution is -0.147. The van der Waals surface area contributed by atoms with Gasteiger partial charge in [-0.05, 0) is 69.5 Å². The summed E-state index contributed by atoms with van der Waals surface area (Å²) >= 11 is 0. The van der Waals surface area contributed by atoms with E-state index in [0.29, 0.717) is 50.3 Å². The fourth-order valence-corrected chi connectivity index (χ4v) is 4.75. The van der Waals surface area contributed by atoms with Crippen molar-refractivity contribution >= 4 is 11.9 Å². The maximum absolute atomic E-state index is 13.1. The number of carboxylic acids is 1. The number of hydrogen-bond donors (Lipinski definition) is 1. The molecule has 1 spiro atoms. The number of hydrogen-bond acceptors (Lipinski definition) is 5. The Labute approximate surface area is 166 Å². The van der Waals surface area contributed by atoms with Crippen molar-refractivity contribution in [3.63, 3.8) is 0 Å². The maximum Gasteiger partial charge on any atom is 0.306 e. The van der Waals surface area contributed by atoms with E-state index in [0.717, 1.165) is 17.5 Å². The summed E-state index contributed by atoms with van der Waals surface area (Å²) in [7, 11) is 7.00. The smallest absolute Gasteiger partial charge is 0.306 e. The minimum Gasteiger partial charge on any atom is -0.493 e. The topological polar surface area (TPSA) is 79.3 Å². The Morgan fingerprint density at radius 3 is 2.32 bits per heavy atom. The van der Waals surface area contributed by atoms with Gasteiger partial charge in [0.15, 0.2) is 11.5 Å². The first-order chi connectivity index (χ1) is 13.3. The van der Waals surface area contributed by atoms with Crippen LogP contribution in [-0.2, 0) is 21.5 Å². The lowest BCUT2D eigenvalue weighted by atomic mass is 9.68. The Morgan fingerprint density at radius 1 is 1.18 bits per heavy atom.